The summed E-state index contributed by atoms with van der Waals surface area (Å²) in [6.45, 7) is 2.39. The van der Waals surface area contributed by atoms with Crippen molar-refractivity contribution in [3.63, 3.8) is 0 Å². The van der Waals surface area contributed by atoms with Gasteiger partial charge in [0, 0.05) is 5.02 Å². The largest absolute Gasteiger partial charge is 0.330 e. The Balaban J connectivity index is 3.04. The lowest BCUT2D eigenvalue weighted by atomic mass is 10.0. The summed E-state index contributed by atoms with van der Waals surface area (Å²) >= 11 is 5.85. The van der Waals surface area contributed by atoms with Crippen molar-refractivity contribution in [2.24, 2.45) is 5.73 Å². The van der Waals surface area contributed by atoms with Gasteiger partial charge in [-0.1, -0.05) is 18.5 Å². The Hall–Kier alpha value is -0.600. The quantitative estimate of drug-likeness (QED) is 0.757. The summed E-state index contributed by atoms with van der Waals surface area (Å²) < 4.78 is 12.7. The van der Waals surface area contributed by atoms with Gasteiger partial charge in [-0.2, -0.15) is 0 Å². The molecule has 3 heteroatoms. The van der Waals surface area contributed by atoms with Crippen molar-refractivity contribution in [3.8, 4) is 0 Å². The van der Waals surface area contributed by atoms with Gasteiger partial charge in [0.1, 0.15) is 5.82 Å². The lowest BCUT2D eigenvalue weighted by molar-refractivity contribution is 0.621. The summed E-state index contributed by atoms with van der Waals surface area (Å²) in [5.74, 6) is -0.164. The monoisotopic (exact) mass is 187 g/mol. The lowest BCUT2D eigenvalue weighted by Gasteiger charge is -2.10. The maximum absolute atomic E-state index is 12.7. The summed E-state index contributed by atoms with van der Waals surface area (Å²) in [5, 5.41) is 0.578. The normalized spacial score (nSPS) is 13.0. The number of hydrogen-bond acceptors (Lipinski definition) is 1. The van der Waals surface area contributed by atoms with Crippen molar-refractivity contribution in [1.82, 2.24) is 0 Å². The molecular weight excluding hydrogens is 177 g/mol. The molecule has 1 rings (SSSR count). The predicted molar refractivity (Wildman–Crippen MR) is 48.9 cm³/mol. The molecule has 0 aliphatic carbocycles. The molecule has 0 fully saturated rings. The van der Waals surface area contributed by atoms with E-state index in [1.807, 2.05) is 6.92 Å². The van der Waals surface area contributed by atoms with Crippen LogP contribution in [0.4, 0.5) is 4.39 Å². The molecule has 0 aromatic heterocycles. The molecule has 0 heterocycles. The molecule has 0 bridgehead atoms. The molecule has 0 amide bonds. The first-order valence-electron chi connectivity index (χ1n) is 3.80. The smallest absolute Gasteiger partial charge is 0.123 e. The minimum atomic E-state index is -0.269. The molecule has 2 N–H and O–H groups in total. The Morgan fingerprint density at radius 1 is 1.58 bits per heavy atom. The Kier molecular flexibility index (Phi) is 3.06. The highest BCUT2D eigenvalue weighted by Gasteiger charge is 2.08. The highest BCUT2D eigenvalue weighted by atomic mass is 35.5. The molecule has 1 atom stereocenters. The first-order chi connectivity index (χ1) is 5.65. The zero-order valence-corrected chi connectivity index (χ0v) is 7.61. The first kappa shape index (κ1) is 9.49. The predicted octanol–water partition coefficient (Wildman–Crippen LogP) is 2.54. The average Bonchev–Trinajstić information content (AvgIpc) is 2.08. The van der Waals surface area contributed by atoms with Crippen molar-refractivity contribution >= 4 is 11.6 Å². The highest BCUT2D eigenvalue weighted by molar-refractivity contribution is 6.31. The topological polar surface area (TPSA) is 26.0 Å². The van der Waals surface area contributed by atoms with E-state index >= 15 is 0 Å². The summed E-state index contributed by atoms with van der Waals surface area (Å²) in [7, 11) is 0. The zero-order valence-electron chi connectivity index (χ0n) is 6.85. The molecule has 1 aromatic rings. The van der Waals surface area contributed by atoms with Gasteiger partial charge >= 0.3 is 0 Å². The Morgan fingerprint density at radius 3 is 2.83 bits per heavy atom. The Morgan fingerprint density at radius 2 is 2.25 bits per heavy atom. The molecule has 1 unspecified atom stereocenters. The number of benzene rings is 1. The first-order valence-corrected chi connectivity index (χ1v) is 4.18. The van der Waals surface area contributed by atoms with Crippen LogP contribution in [0.5, 0.6) is 0 Å². The van der Waals surface area contributed by atoms with Gasteiger partial charge in [-0.3, -0.25) is 0 Å². The van der Waals surface area contributed by atoms with E-state index in [-0.39, 0.29) is 11.7 Å². The van der Waals surface area contributed by atoms with Gasteiger partial charge in [-0.25, -0.2) is 4.39 Å². The van der Waals surface area contributed by atoms with Crippen LogP contribution in [0.15, 0.2) is 18.2 Å². The van der Waals surface area contributed by atoms with E-state index in [0.29, 0.717) is 11.6 Å². The van der Waals surface area contributed by atoms with E-state index in [1.165, 1.54) is 12.1 Å². The van der Waals surface area contributed by atoms with Crippen molar-refractivity contribution in [1.29, 1.82) is 0 Å². The van der Waals surface area contributed by atoms with Gasteiger partial charge in [0.25, 0.3) is 0 Å². The van der Waals surface area contributed by atoms with Crippen molar-refractivity contribution in [2.75, 3.05) is 6.54 Å². The number of halogens is 2. The fourth-order valence-corrected chi connectivity index (χ4v) is 1.32. The maximum Gasteiger partial charge on any atom is 0.123 e. The van der Waals surface area contributed by atoms with Crippen LogP contribution in [0.1, 0.15) is 18.4 Å². The number of hydrogen-bond donors (Lipinski definition) is 1. The number of nitrogens with two attached hydrogens (primary N) is 1. The Labute approximate surface area is 76.3 Å². The standard InChI is InChI=1S/C9H11ClFN/c1-6(5-12)8-4-7(11)2-3-9(8)10/h2-4,6H,5,12H2,1H3. The van der Waals surface area contributed by atoms with Gasteiger partial charge in [0.2, 0.25) is 0 Å². The second-order valence-corrected chi connectivity index (χ2v) is 3.21. The van der Waals surface area contributed by atoms with Gasteiger partial charge in [0.05, 0.1) is 0 Å². The van der Waals surface area contributed by atoms with Crippen LogP contribution in [0.25, 0.3) is 0 Å². The molecule has 12 heavy (non-hydrogen) atoms. The van der Waals surface area contributed by atoms with Crippen LogP contribution < -0.4 is 5.73 Å². The molecule has 0 spiro atoms. The fraction of sp³-hybridized carbons (Fsp3) is 0.333. The molecular formula is C9H11ClFN. The molecule has 1 aromatic carbocycles. The summed E-state index contributed by atoms with van der Waals surface area (Å²) in [6, 6.07) is 4.33. The lowest BCUT2D eigenvalue weighted by Crippen LogP contribution is -2.09. The zero-order chi connectivity index (χ0) is 9.14. The third-order valence-corrected chi connectivity index (χ3v) is 2.19. The van der Waals surface area contributed by atoms with Gasteiger partial charge in [-0.05, 0) is 36.2 Å². The van der Waals surface area contributed by atoms with E-state index in [0.717, 1.165) is 5.56 Å². The van der Waals surface area contributed by atoms with Crippen LogP contribution >= 0.6 is 11.6 Å². The SMILES string of the molecule is CC(CN)c1cc(F)ccc1Cl. The van der Waals surface area contributed by atoms with Crippen molar-refractivity contribution < 1.29 is 4.39 Å². The molecule has 1 nitrogen and oxygen atoms in total. The van der Waals surface area contributed by atoms with Crippen LogP contribution in [0, 0.1) is 5.82 Å². The van der Waals surface area contributed by atoms with E-state index in [2.05, 4.69) is 0 Å². The third kappa shape index (κ3) is 1.96. The van der Waals surface area contributed by atoms with Crippen molar-refractivity contribution in [3.05, 3.63) is 34.6 Å². The summed E-state index contributed by atoms with van der Waals surface area (Å²) in [4.78, 5) is 0. The van der Waals surface area contributed by atoms with Gasteiger partial charge in [0.15, 0.2) is 0 Å². The Bertz CT molecular complexity index is 275. The minimum Gasteiger partial charge on any atom is -0.330 e. The molecule has 0 aliphatic rings. The van der Waals surface area contributed by atoms with E-state index in [4.69, 9.17) is 17.3 Å². The molecule has 0 aliphatic heterocycles. The highest BCUT2D eigenvalue weighted by Crippen LogP contribution is 2.24. The number of rotatable bonds is 2. The van der Waals surface area contributed by atoms with Crippen LogP contribution in [-0.2, 0) is 0 Å². The summed E-state index contributed by atoms with van der Waals surface area (Å²) in [6.07, 6.45) is 0. The molecule has 66 valence electrons. The van der Waals surface area contributed by atoms with Gasteiger partial charge in [-0.15, -0.1) is 0 Å². The van der Waals surface area contributed by atoms with Crippen LogP contribution in [0.2, 0.25) is 5.02 Å². The molecule has 0 saturated carbocycles. The van der Waals surface area contributed by atoms with Gasteiger partial charge < -0.3 is 5.73 Å². The summed E-state index contributed by atoms with van der Waals surface area (Å²) in [5.41, 5.74) is 6.22. The van der Waals surface area contributed by atoms with Crippen LogP contribution in [-0.4, -0.2) is 6.54 Å². The second-order valence-electron chi connectivity index (χ2n) is 2.80. The second kappa shape index (κ2) is 3.87. The molecule has 0 radical (unpaired) electrons. The fourth-order valence-electron chi connectivity index (χ4n) is 1.02. The third-order valence-electron chi connectivity index (χ3n) is 1.84. The molecule has 0 saturated heterocycles. The maximum atomic E-state index is 12.7. The van der Waals surface area contributed by atoms with E-state index < -0.39 is 0 Å². The average molecular weight is 188 g/mol. The van der Waals surface area contributed by atoms with E-state index in [1.54, 1.807) is 6.07 Å². The van der Waals surface area contributed by atoms with Crippen LogP contribution in [0.3, 0.4) is 0 Å². The van der Waals surface area contributed by atoms with Crippen molar-refractivity contribution in [2.45, 2.75) is 12.8 Å². The van der Waals surface area contributed by atoms with E-state index in [9.17, 15) is 4.39 Å². The minimum absolute atomic E-state index is 0.105.